The molecule has 0 radical (unpaired) electrons. The smallest absolute Gasteiger partial charge is 0.130 e. The van der Waals surface area contributed by atoms with Gasteiger partial charge in [-0.05, 0) is 43.7 Å². The fraction of sp³-hybridized carbons (Fsp3) is 0.250. The third kappa shape index (κ3) is 3.30. The van der Waals surface area contributed by atoms with Crippen LogP contribution in [0.3, 0.4) is 0 Å². The highest BCUT2D eigenvalue weighted by molar-refractivity contribution is 6.31. The predicted octanol–water partition coefficient (Wildman–Crippen LogP) is 4.35. The lowest BCUT2D eigenvalue weighted by atomic mass is 10.0. The van der Waals surface area contributed by atoms with Crippen molar-refractivity contribution in [2.75, 3.05) is 0 Å². The van der Waals surface area contributed by atoms with Crippen LogP contribution in [0.1, 0.15) is 31.1 Å². The normalized spacial score (nSPS) is 12.5. The summed E-state index contributed by atoms with van der Waals surface area (Å²) in [7, 11) is 0. The summed E-state index contributed by atoms with van der Waals surface area (Å²) in [6.45, 7) is 3.86. The van der Waals surface area contributed by atoms with E-state index in [1.165, 1.54) is 12.1 Å². The molecule has 1 atom stereocenters. The van der Waals surface area contributed by atoms with Gasteiger partial charge in [-0.25, -0.2) is 4.39 Å². The lowest BCUT2D eigenvalue weighted by Gasteiger charge is -2.15. The highest BCUT2D eigenvalue weighted by Gasteiger charge is 2.18. The van der Waals surface area contributed by atoms with Crippen LogP contribution in [0.5, 0.6) is 5.75 Å². The van der Waals surface area contributed by atoms with Gasteiger partial charge in [0, 0.05) is 10.6 Å². The highest BCUT2D eigenvalue weighted by atomic mass is 35.5. The van der Waals surface area contributed by atoms with Crippen molar-refractivity contribution in [3.05, 3.63) is 64.4 Å². The minimum Gasteiger partial charge on any atom is -0.491 e. The van der Waals surface area contributed by atoms with E-state index in [0.29, 0.717) is 11.3 Å². The van der Waals surface area contributed by atoms with Gasteiger partial charge in [0.15, 0.2) is 0 Å². The van der Waals surface area contributed by atoms with Gasteiger partial charge in [0.05, 0.1) is 6.10 Å². The molecule has 0 aliphatic rings. The quantitative estimate of drug-likeness (QED) is 0.908. The van der Waals surface area contributed by atoms with E-state index in [2.05, 4.69) is 0 Å². The maximum atomic E-state index is 13.8. The second kappa shape index (κ2) is 6.25. The van der Waals surface area contributed by atoms with Gasteiger partial charge in [0.2, 0.25) is 0 Å². The van der Waals surface area contributed by atoms with Crippen LogP contribution in [0.4, 0.5) is 4.39 Å². The Morgan fingerprint density at radius 3 is 2.30 bits per heavy atom. The first-order chi connectivity index (χ1) is 9.49. The molecule has 106 valence electrons. The maximum absolute atomic E-state index is 13.8. The number of aliphatic hydroxyl groups is 1. The molecule has 0 spiro atoms. The number of hydrogen-bond acceptors (Lipinski definition) is 2. The maximum Gasteiger partial charge on any atom is 0.130 e. The number of benzene rings is 2. The fourth-order valence-electron chi connectivity index (χ4n) is 1.94. The first-order valence-electron chi connectivity index (χ1n) is 6.37. The molecular formula is C16H16ClFO2. The first-order valence-corrected chi connectivity index (χ1v) is 6.75. The minimum atomic E-state index is -1.10. The highest BCUT2D eigenvalue weighted by Crippen LogP contribution is 2.31. The van der Waals surface area contributed by atoms with Crippen molar-refractivity contribution in [2.45, 2.75) is 26.1 Å². The summed E-state index contributed by atoms with van der Waals surface area (Å²) in [5.74, 6) is 0.183. The van der Waals surface area contributed by atoms with Crippen LogP contribution >= 0.6 is 11.6 Å². The number of hydrogen-bond donors (Lipinski definition) is 1. The molecule has 20 heavy (non-hydrogen) atoms. The van der Waals surface area contributed by atoms with Gasteiger partial charge < -0.3 is 9.84 Å². The van der Waals surface area contributed by atoms with Crippen molar-refractivity contribution in [2.24, 2.45) is 0 Å². The third-order valence-corrected chi connectivity index (χ3v) is 3.17. The zero-order valence-electron chi connectivity index (χ0n) is 11.3. The van der Waals surface area contributed by atoms with Gasteiger partial charge in [-0.3, -0.25) is 0 Å². The number of aliphatic hydroxyl groups excluding tert-OH is 1. The van der Waals surface area contributed by atoms with Gasteiger partial charge in [0.1, 0.15) is 17.7 Å². The second-order valence-electron chi connectivity index (χ2n) is 4.77. The van der Waals surface area contributed by atoms with Crippen LogP contribution in [-0.2, 0) is 0 Å². The van der Waals surface area contributed by atoms with E-state index in [1.54, 1.807) is 30.3 Å². The topological polar surface area (TPSA) is 29.5 Å². The van der Waals surface area contributed by atoms with E-state index >= 15 is 0 Å². The standard InChI is InChI=1S/C16H16ClFO2/c1-10(2)20-12-8-6-11(7-9-12)16(19)15-13(17)4-3-5-14(15)18/h3-10,16,19H,1-2H3. The summed E-state index contributed by atoms with van der Waals surface area (Å²) in [5, 5.41) is 10.5. The first kappa shape index (κ1) is 14.8. The Kier molecular flexibility index (Phi) is 4.63. The largest absolute Gasteiger partial charge is 0.491 e. The number of rotatable bonds is 4. The molecule has 0 aromatic heterocycles. The van der Waals surface area contributed by atoms with Crippen LogP contribution in [0.25, 0.3) is 0 Å². The summed E-state index contributed by atoms with van der Waals surface area (Å²) in [6, 6.07) is 11.2. The molecule has 2 aromatic rings. The Balaban J connectivity index is 2.27. The van der Waals surface area contributed by atoms with E-state index in [4.69, 9.17) is 16.3 Å². The lowest BCUT2D eigenvalue weighted by molar-refractivity contribution is 0.214. The van der Waals surface area contributed by atoms with Crippen molar-refractivity contribution >= 4 is 11.6 Å². The molecule has 2 nitrogen and oxygen atoms in total. The van der Waals surface area contributed by atoms with Crippen LogP contribution in [0.15, 0.2) is 42.5 Å². The molecule has 0 aliphatic carbocycles. The zero-order valence-corrected chi connectivity index (χ0v) is 12.1. The Bertz CT molecular complexity index is 561. The Morgan fingerprint density at radius 2 is 1.75 bits per heavy atom. The predicted molar refractivity (Wildman–Crippen MR) is 77.7 cm³/mol. The van der Waals surface area contributed by atoms with Crippen molar-refractivity contribution in [1.82, 2.24) is 0 Å². The average molecular weight is 295 g/mol. The molecule has 1 N–H and O–H groups in total. The SMILES string of the molecule is CC(C)Oc1ccc(C(O)c2c(F)cccc2Cl)cc1. The summed E-state index contributed by atoms with van der Waals surface area (Å²) < 4.78 is 19.3. The molecule has 0 bridgehead atoms. The van der Waals surface area contributed by atoms with Gasteiger partial charge in [-0.15, -0.1) is 0 Å². The van der Waals surface area contributed by atoms with Gasteiger partial charge in [-0.1, -0.05) is 29.8 Å². The van der Waals surface area contributed by atoms with Crippen molar-refractivity contribution in [3.63, 3.8) is 0 Å². The zero-order chi connectivity index (χ0) is 14.7. The number of halogens is 2. The second-order valence-corrected chi connectivity index (χ2v) is 5.18. The molecule has 0 aliphatic heterocycles. The van der Waals surface area contributed by atoms with Crippen LogP contribution in [0, 0.1) is 5.82 Å². The lowest BCUT2D eigenvalue weighted by Crippen LogP contribution is -2.06. The van der Waals surface area contributed by atoms with E-state index in [9.17, 15) is 9.50 Å². The van der Waals surface area contributed by atoms with Gasteiger partial charge >= 0.3 is 0 Å². The fourth-order valence-corrected chi connectivity index (χ4v) is 2.21. The van der Waals surface area contributed by atoms with Crippen molar-refractivity contribution < 1.29 is 14.2 Å². The molecule has 2 rings (SSSR count). The van der Waals surface area contributed by atoms with Crippen molar-refractivity contribution in [3.8, 4) is 5.75 Å². The molecular weight excluding hydrogens is 279 g/mol. The van der Waals surface area contributed by atoms with E-state index < -0.39 is 11.9 Å². The summed E-state index contributed by atoms with van der Waals surface area (Å²) in [4.78, 5) is 0. The molecule has 0 heterocycles. The van der Waals surface area contributed by atoms with Gasteiger partial charge in [0.25, 0.3) is 0 Å². The van der Waals surface area contributed by atoms with E-state index in [0.717, 1.165) is 0 Å². The monoisotopic (exact) mass is 294 g/mol. The van der Waals surface area contributed by atoms with Gasteiger partial charge in [-0.2, -0.15) is 0 Å². The molecule has 0 saturated heterocycles. The molecule has 1 unspecified atom stereocenters. The summed E-state index contributed by atoms with van der Waals surface area (Å²) >= 11 is 5.95. The Hall–Kier alpha value is -1.58. The molecule has 0 amide bonds. The Morgan fingerprint density at radius 1 is 1.10 bits per heavy atom. The van der Waals surface area contributed by atoms with Crippen LogP contribution in [0.2, 0.25) is 5.02 Å². The van der Waals surface area contributed by atoms with Crippen LogP contribution < -0.4 is 4.74 Å². The minimum absolute atomic E-state index is 0.0757. The molecule has 4 heteroatoms. The average Bonchev–Trinajstić information content (AvgIpc) is 2.38. The molecule has 2 aromatic carbocycles. The number of ether oxygens (including phenoxy) is 1. The Labute approximate surface area is 122 Å². The van der Waals surface area contributed by atoms with Crippen LogP contribution in [-0.4, -0.2) is 11.2 Å². The summed E-state index contributed by atoms with van der Waals surface area (Å²) in [6.07, 6.45) is -1.02. The molecule has 0 fully saturated rings. The molecule has 0 saturated carbocycles. The van der Waals surface area contributed by atoms with E-state index in [1.807, 2.05) is 13.8 Å². The van der Waals surface area contributed by atoms with E-state index in [-0.39, 0.29) is 16.7 Å². The van der Waals surface area contributed by atoms with Crippen molar-refractivity contribution in [1.29, 1.82) is 0 Å². The third-order valence-electron chi connectivity index (χ3n) is 2.84. The summed E-state index contributed by atoms with van der Waals surface area (Å²) in [5.41, 5.74) is 0.653.